The van der Waals surface area contributed by atoms with Crippen molar-refractivity contribution in [3.8, 4) is 5.75 Å². The fourth-order valence-electron chi connectivity index (χ4n) is 4.30. The first-order valence-electron chi connectivity index (χ1n) is 12.2. The summed E-state index contributed by atoms with van der Waals surface area (Å²) < 4.78 is 12.6. The number of benzene rings is 1. The average Bonchev–Trinajstić information content (AvgIpc) is 2.76. The standard InChI is InChI=1S/C25H42N2O3/c1-3-5-7-8-14-21-29-24-16-11-10-15-23(24)26-25(28)30-22-20-27(17-6-4-2)18-12-9-13-19-27/h10-11,15-16H,3-9,12-14,17-22H2,1-2H3/p+1. The van der Waals surface area contributed by atoms with E-state index in [4.69, 9.17) is 9.47 Å². The zero-order chi connectivity index (χ0) is 21.5. The molecule has 1 fully saturated rings. The van der Waals surface area contributed by atoms with E-state index in [1.807, 2.05) is 24.3 Å². The molecule has 5 heteroatoms. The number of hydrogen-bond donors (Lipinski definition) is 1. The number of piperidine rings is 1. The molecule has 5 nitrogen and oxygen atoms in total. The van der Waals surface area contributed by atoms with Crippen molar-refractivity contribution >= 4 is 11.8 Å². The number of carbonyl (C=O) groups is 1. The summed E-state index contributed by atoms with van der Waals surface area (Å²) in [4.78, 5) is 12.4. The van der Waals surface area contributed by atoms with Gasteiger partial charge in [-0.15, -0.1) is 0 Å². The molecule has 0 radical (unpaired) electrons. The summed E-state index contributed by atoms with van der Waals surface area (Å²) >= 11 is 0. The first-order chi connectivity index (χ1) is 14.7. The predicted octanol–water partition coefficient (Wildman–Crippen LogP) is 6.39. The second kappa shape index (κ2) is 14.3. The summed E-state index contributed by atoms with van der Waals surface area (Å²) in [6.07, 6.45) is 12.0. The van der Waals surface area contributed by atoms with Crippen LogP contribution in [0.15, 0.2) is 24.3 Å². The SMILES string of the molecule is CCCCCCCOc1ccccc1NC(=O)OCC[N+]1(CCCC)CCCCC1. The highest BCUT2D eigenvalue weighted by atomic mass is 16.5. The largest absolute Gasteiger partial charge is 0.491 e. The third kappa shape index (κ3) is 8.95. The Balaban J connectivity index is 1.76. The molecule has 0 spiro atoms. The lowest BCUT2D eigenvalue weighted by molar-refractivity contribution is -0.932. The van der Waals surface area contributed by atoms with Gasteiger partial charge in [-0.3, -0.25) is 5.32 Å². The quantitative estimate of drug-likeness (QED) is 0.281. The number of anilines is 1. The van der Waals surface area contributed by atoms with Crippen LogP contribution in [0.25, 0.3) is 0 Å². The Morgan fingerprint density at radius 1 is 0.900 bits per heavy atom. The molecule has 0 unspecified atom stereocenters. The van der Waals surface area contributed by atoms with Crippen molar-refractivity contribution in [2.45, 2.75) is 78.1 Å². The van der Waals surface area contributed by atoms with E-state index in [-0.39, 0.29) is 6.09 Å². The van der Waals surface area contributed by atoms with Gasteiger partial charge in [0, 0.05) is 0 Å². The van der Waals surface area contributed by atoms with Crippen LogP contribution in [-0.2, 0) is 4.74 Å². The summed E-state index contributed by atoms with van der Waals surface area (Å²) in [6.45, 7) is 10.2. The lowest BCUT2D eigenvalue weighted by Crippen LogP contribution is -2.53. The molecule has 0 aromatic heterocycles. The zero-order valence-corrected chi connectivity index (χ0v) is 19.3. The average molecular weight is 420 g/mol. The molecule has 1 saturated heterocycles. The van der Waals surface area contributed by atoms with Crippen molar-refractivity contribution in [1.29, 1.82) is 0 Å². The Bertz CT molecular complexity index is 600. The van der Waals surface area contributed by atoms with E-state index in [0.717, 1.165) is 17.4 Å². The second-order valence-electron chi connectivity index (χ2n) is 8.67. The van der Waals surface area contributed by atoms with E-state index in [1.165, 1.54) is 77.4 Å². The number of hydrogen-bond acceptors (Lipinski definition) is 3. The molecule has 0 saturated carbocycles. The van der Waals surface area contributed by atoms with Gasteiger partial charge in [0.1, 0.15) is 18.9 Å². The van der Waals surface area contributed by atoms with Crippen molar-refractivity contribution in [3.05, 3.63) is 24.3 Å². The topological polar surface area (TPSA) is 47.6 Å². The number of rotatable bonds is 14. The van der Waals surface area contributed by atoms with E-state index < -0.39 is 0 Å². The molecule has 2 rings (SSSR count). The molecule has 1 amide bonds. The van der Waals surface area contributed by atoms with E-state index >= 15 is 0 Å². The van der Waals surface area contributed by atoms with Crippen molar-refractivity contribution < 1.29 is 18.8 Å². The smallest absolute Gasteiger partial charge is 0.411 e. The van der Waals surface area contributed by atoms with Crippen molar-refractivity contribution in [3.63, 3.8) is 0 Å². The third-order valence-corrected chi connectivity index (χ3v) is 6.18. The number of para-hydroxylation sites is 2. The van der Waals surface area contributed by atoms with Gasteiger partial charge in [-0.05, 0) is 44.2 Å². The maximum absolute atomic E-state index is 12.4. The molecule has 0 aliphatic carbocycles. The molecule has 30 heavy (non-hydrogen) atoms. The van der Waals surface area contributed by atoms with Crippen LogP contribution in [0.1, 0.15) is 78.1 Å². The maximum atomic E-state index is 12.4. The minimum atomic E-state index is -0.389. The molecule has 1 aliphatic heterocycles. The van der Waals surface area contributed by atoms with Crippen LogP contribution in [0.3, 0.4) is 0 Å². The summed E-state index contributed by atoms with van der Waals surface area (Å²) in [6, 6.07) is 7.61. The van der Waals surface area contributed by atoms with E-state index in [2.05, 4.69) is 19.2 Å². The fraction of sp³-hybridized carbons (Fsp3) is 0.720. The highest BCUT2D eigenvalue weighted by Gasteiger charge is 2.29. The summed E-state index contributed by atoms with van der Waals surface area (Å²) in [5, 5.41) is 2.87. The monoisotopic (exact) mass is 419 g/mol. The van der Waals surface area contributed by atoms with Gasteiger partial charge in [-0.1, -0.05) is 58.1 Å². The van der Waals surface area contributed by atoms with Gasteiger partial charge in [0.05, 0.1) is 31.9 Å². The predicted molar refractivity (Wildman–Crippen MR) is 124 cm³/mol. The van der Waals surface area contributed by atoms with E-state index in [9.17, 15) is 4.79 Å². The second-order valence-corrected chi connectivity index (χ2v) is 8.67. The number of nitrogens with zero attached hydrogens (tertiary/aromatic N) is 1. The van der Waals surface area contributed by atoms with Gasteiger partial charge in [-0.25, -0.2) is 4.79 Å². The van der Waals surface area contributed by atoms with Crippen LogP contribution in [0.4, 0.5) is 10.5 Å². The lowest BCUT2D eigenvalue weighted by atomic mass is 10.1. The summed E-state index contributed by atoms with van der Waals surface area (Å²) in [5.41, 5.74) is 0.684. The van der Waals surface area contributed by atoms with Crippen LogP contribution < -0.4 is 10.1 Å². The van der Waals surface area contributed by atoms with Gasteiger partial charge in [0.2, 0.25) is 0 Å². The number of quaternary nitrogens is 1. The number of amides is 1. The number of nitrogens with one attached hydrogen (secondary N) is 1. The third-order valence-electron chi connectivity index (χ3n) is 6.18. The molecule has 1 aromatic carbocycles. The van der Waals surface area contributed by atoms with Crippen molar-refractivity contribution in [2.75, 3.05) is 44.7 Å². The van der Waals surface area contributed by atoms with Crippen LogP contribution in [0.5, 0.6) is 5.75 Å². The van der Waals surface area contributed by atoms with Crippen LogP contribution >= 0.6 is 0 Å². The lowest BCUT2D eigenvalue weighted by Gasteiger charge is -2.41. The first kappa shape index (κ1) is 24.5. The molecule has 1 aromatic rings. The molecule has 0 atom stereocenters. The minimum Gasteiger partial charge on any atom is -0.491 e. The van der Waals surface area contributed by atoms with E-state index in [1.54, 1.807) is 0 Å². The first-order valence-corrected chi connectivity index (χ1v) is 12.2. The highest BCUT2D eigenvalue weighted by Crippen LogP contribution is 2.24. The Morgan fingerprint density at radius 3 is 2.40 bits per heavy atom. The molecule has 170 valence electrons. The van der Waals surface area contributed by atoms with Crippen LogP contribution in [0, 0.1) is 0 Å². The van der Waals surface area contributed by atoms with Crippen LogP contribution in [-0.4, -0.2) is 50.0 Å². The number of ether oxygens (including phenoxy) is 2. The minimum absolute atomic E-state index is 0.389. The van der Waals surface area contributed by atoms with Gasteiger partial charge in [-0.2, -0.15) is 0 Å². The fourth-order valence-corrected chi connectivity index (χ4v) is 4.30. The molecular weight excluding hydrogens is 376 g/mol. The number of carbonyl (C=O) groups excluding carboxylic acids is 1. The van der Waals surface area contributed by atoms with Crippen molar-refractivity contribution in [1.82, 2.24) is 0 Å². The van der Waals surface area contributed by atoms with Crippen molar-refractivity contribution in [2.24, 2.45) is 0 Å². The Morgan fingerprint density at radius 2 is 1.63 bits per heavy atom. The molecule has 1 heterocycles. The molecule has 1 N–H and O–H groups in total. The zero-order valence-electron chi connectivity index (χ0n) is 19.3. The Labute approximate surface area is 183 Å². The number of likely N-dealkylation sites (tertiary alicyclic amines) is 1. The summed E-state index contributed by atoms with van der Waals surface area (Å²) in [7, 11) is 0. The van der Waals surface area contributed by atoms with Gasteiger partial charge >= 0.3 is 6.09 Å². The Hall–Kier alpha value is -1.75. The normalized spacial score (nSPS) is 15.5. The maximum Gasteiger partial charge on any atom is 0.411 e. The Kier molecular flexibility index (Phi) is 11.7. The summed E-state index contributed by atoms with van der Waals surface area (Å²) in [5.74, 6) is 0.715. The van der Waals surface area contributed by atoms with Gasteiger partial charge in [0.15, 0.2) is 0 Å². The molecule has 1 aliphatic rings. The number of unbranched alkanes of at least 4 members (excludes halogenated alkanes) is 5. The van der Waals surface area contributed by atoms with E-state index in [0.29, 0.717) is 24.7 Å². The molecular formula is C25H43N2O3+. The van der Waals surface area contributed by atoms with Gasteiger partial charge < -0.3 is 14.0 Å². The van der Waals surface area contributed by atoms with Gasteiger partial charge in [0.25, 0.3) is 0 Å². The highest BCUT2D eigenvalue weighted by molar-refractivity contribution is 5.86. The molecule has 0 bridgehead atoms. The van der Waals surface area contributed by atoms with Crippen LogP contribution in [0.2, 0.25) is 0 Å².